The van der Waals surface area contributed by atoms with Gasteiger partial charge in [-0.05, 0) is 37.2 Å². The Hall–Kier alpha value is -2.89. The summed E-state index contributed by atoms with van der Waals surface area (Å²) in [5.74, 6) is -2.50. The molecule has 4 atom stereocenters. The quantitative estimate of drug-likeness (QED) is 0.0418. The van der Waals surface area contributed by atoms with Gasteiger partial charge in [0.2, 0.25) is 11.0 Å². The van der Waals surface area contributed by atoms with Crippen LogP contribution in [0, 0.1) is 11.8 Å². The van der Waals surface area contributed by atoms with Gasteiger partial charge in [0.25, 0.3) is 0 Å². The van der Waals surface area contributed by atoms with Gasteiger partial charge in [0, 0.05) is 37.1 Å². The predicted molar refractivity (Wildman–Crippen MR) is 185 cm³/mol. The van der Waals surface area contributed by atoms with Gasteiger partial charge in [-0.1, -0.05) is 50.6 Å². The SMILES string of the molecule is CC(C)C[C@@H](NC(=O)[C@H](CC(=O)c1cnccn1)Cc1ccccc1)[B-]12OCC[N+]1(CCOC(=O)CCCCC(O)(P(=O)([O-])O)P(=O)(O)O)CCO2. The molecule has 0 bridgehead atoms. The van der Waals surface area contributed by atoms with Crippen LogP contribution in [0.1, 0.15) is 68.4 Å². The zero-order valence-corrected chi connectivity index (χ0v) is 31.1. The maximum Gasteiger partial charge on any atom is 0.494 e. The molecule has 0 radical (unpaired) electrons. The van der Waals surface area contributed by atoms with E-state index in [1.807, 2.05) is 44.2 Å². The highest BCUT2D eigenvalue weighted by atomic mass is 31.2. The highest BCUT2D eigenvalue weighted by Gasteiger charge is 2.63. The van der Waals surface area contributed by atoms with E-state index in [-0.39, 0.29) is 55.6 Å². The lowest BCUT2D eigenvalue weighted by atomic mass is 9.57. The van der Waals surface area contributed by atoms with Crippen LogP contribution in [0.25, 0.3) is 0 Å². The normalized spacial score (nSPS) is 23.6. The van der Waals surface area contributed by atoms with Crippen molar-refractivity contribution < 1.29 is 66.6 Å². The number of fused-ring (bicyclic) bond motifs is 1. The number of esters is 1. The van der Waals surface area contributed by atoms with E-state index in [4.69, 9.17) is 14.0 Å². The second-order valence-corrected chi connectivity index (χ2v) is 17.9. The summed E-state index contributed by atoms with van der Waals surface area (Å²) >= 11 is 0. The summed E-state index contributed by atoms with van der Waals surface area (Å²) in [6, 6.07) is 9.40. The molecule has 0 aliphatic carbocycles. The summed E-state index contributed by atoms with van der Waals surface area (Å²) in [6.07, 6.45) is 3.38. The smallest absolute Gasteiger partial charge is 0.494 e. The van der Waals surface area contributed by atoms with Crippen molar-refractivity contribution in [3.8, 4) is 0 Å². The van der Waals surface area contributed by atoms with Gasteiger partial charge in [-0.2, -0.15) is 0 Å². The number of aromatic nitrogens is 2. The Kier molecular flexibility index (Phi) is 14.1. The molecular formula is C32H48BN4O13P2-. The summed E-state index contributed by atoms with van der Waals surface area (Å²) in [4.78, 5) is 87.3. The second-order valence-electron chi connectivity index (χ2n) is 14.0. The molecule has 2 aliphatic heterocycles. The largest absolute Gasteiger partial charge is 0.776 e. The first kappa shape index (κ1) is 41.9. The maximum absolute atomic E-state index is 14.2. The molecule has 2 aliphatic rings. The molecule has 1 amide bonds. The molecule has 52 heavy (non-hydrogen) atoms. The monoisotopic (exact) mass is 769 g/mol. The Morgan fingerprint density at radius 1 is 1.08 bits per heavy atom. The Balaban J connectivity index is 1.43. The molecule has 2 unspecified atom stereocenters. The summed E-state index contributed by atoms with van der Waals surface area (Å²) in [5.41, 5.74) is 1.05. The zero-order valence-electron chi connectivity index (χ0n) is 29.3. The lowest BCUT2D eigenvalue weighted by Gasteiger charge is -2.51. The van der Waals surface area contributed by atoms with Crippen molar-refractivity contribution in [3.05, 3.63) is 60.2 Å². The van der Waals surface area contributed by atoms with Gasteiger partial charge in [0.15, 0.2) is 13.4 Å². The molecule has 3 heterocycles. The fourth-order valence-electron chi connectivity index (χ4n) is 7.23. The Morgan fingerprint density at radius 2 is 1.75 bits per heavy atom. The molecule has 17 nitrogen and oxygen atoms in total. The van der Waals surface area contributed by atoms with Crippen molar-refractivity contribution in [1.82, 2.24) is 15.3 Å². The summed E-state index contributed by atoms with van der Waals surface area (Å²) in [6.45, 7) is 3.87. The van der Waals surface area contributed by atoms with Gasteiger partial charge in [-0.3, -0.25) is 23.9 Å². The molecular weight excluding hydrogens is 721 g/mol. The number of hydrogen-bond acceptors (Lipinski definition) is 12. The third kappa shape index (κ3) is 9.80. The van der Waals surface area contributed by atoms with Crippen LogP contribution >= 0.6 is 15.2 Å². The fraction of sp³-hybridized carbons (Fsp3) is 0.594. The Bertz CT molecular complexity index is 1590. The Labute approximate surface area is 302 Å². The number of carbonyl (C=O) groups is 3. The average Bonchev–Trinajstić information content (AvgIpc) is 3.62. The molecule has 20 heteroatoms. The number of ether oxygens (including phenoxy) is 1. The average molecular weight is 770 g/mol. The lowest BCUT2D eigenvalue weighted by Crippen LogP contribution is -2.73. The third-order valence-electron chi connectivity index (χ3n) is 9.95. The lowest BCUT2D eigenvalue weighted by molar-refractivity contribution is -0.823. The van der Waals surface area contributed by atoms with Gasteiger partial charge in [0.05, 0.1) is 39.0 Å². The van der Waals surface area contributed by atoms with E-state index in [9.17, 15) is 48.2 Å². The van der Waals surface area contributed by atoms with Crippen LogP contribution in [0.5, 0.6) is 0 Å². The highest BCUT2D eigenvalue weighted by Crippen LogP contribution is 2.67. The number of hydrogen-bond donors (Lipinski definition) is 5. The number of nitrogens with zero attached hydrogens (tertiary/aromatic N) is 3. The molecule has 2 saturated heterocycles. The van der Waals surface area contributed by atoms with Gasteiger partial charge >= 0.3 is 20.3 Å². The number of unbranched alkanes of at least 4 members (excludes halogenated alkanes) is 1. The third-order valence-corrected chi connectivity index (χ3v) is 13.8. The van der Waals surface area contributed by atoms with Crippen molar-refractivity contribution in [3.63, 3.8) is 0 Å². The molecule has 1 aromatic heterocycles. The first-order valence-electron chi connectivity index (χ1n) is 17.3. The van der Waals surface area contributed by atoms with E-state index >= 15 is 0 Å². The standard InChI is InChI=1S/C32H49BN4O13P2/c1-24(2)20-29(36-31(40)26(21-25-8-4-3-5-9-25)22-28(38)27-23-34-12-13-35-27)33-37(15-18-49-33,16-19-50-33)14-17-48-30(39)10-6-7-11-32(41,51(42,43)44)52(45,46)47/h3-5,8-9,12-13,23-24,26,29,41H,6-7,10-11,14-22H2,1-2H3,(H,36,40)(H2,42,43,44)(H2,45,46,47)/p-1/t26-,29+,33?,37?/m0/s1. The van der Waals surface area contributed by atoms with Crippen LogP contribution in [0.15, 0.2) is 48.9 Å². The van der Waals surface area contributed by atoms with E-state index in [1.54, 1.807) is 0 Å². The van der Waals surface area contributed by atoms with Crippen molar-refractivity contribution >= 4 is 39.5 Å². The second kappa shape index (κ2) is 17.5. The maximum atomic E-state index is 14.2. The van der Waals surface area contributed by atoms with Gasteiger partial charge in [-0.15, -0.1) is 0 Å². The number of Topliss-reactive ketones (excluding diaryl/α,β-unsaturated/α-hetero) is 1. The van der Waals surface area contributed by atoms with E-state index in [0.717, 1.165) is 5.56 Å². The number of amides is 1. The predicted octanol–water partition coefficient (Wildman–Crippen LogP) is 1.27. The number of aliphatic hydroxyl groups is 1. The molecule has 4 rings (SSSR count). The molecule has 1 aromatic carbocycles. The molecule has 0 saturated carbocycles. The number of nitrogens with one attached hydrogen (secondary N) is 1. The van der Waals surface area contributed by atoms with E-state index in [2.05, 4.69) is 15.3 Å². The zero-order chi connectivity index (χ0) is 38.2. The summed E-state index contributed by atoms with van der Waals surface area (Å²) in [7, 11) is -11.5. The summed E-state index contributed by atoms with van der Waals surface area (Å²) in [5, 5.41) is 9.55. The van der Waals surface area contributed by atoms with Crippen LogP contribution in [0.4, 0.5) is 0 Å². The first-order chi connectivity index (χ1) is 24.4. The Morgan fingerprint density at radius 3 is 2.33 bits per heavy atom. The van der Waals surface area contributed by atoms with Gasteiger partial charge in [0.1, 0.15) is 12.3 Å². The number of quaternary nitrogens is 1. The summed E-state index contributed by atoms with van der Waals surface area (Å²) < 4.78 is 41.6. The van der Waals surface area contributed by atoms with Crippen molar-refractivity contribution in [2.45, 2.75) is 69.8 Å². The molecule has 0 spiro atoms. The number of benzene rings is 1. The molecule has 288 valence electrons. The van der Waals surface area contributed by atoms with Gasteiger partial charge < -0.3 is 53.0 Å². The minimum Gasteiger partial charge on any atom is -0.776 e. The van der Waals surface area contributed by atoms with Crippen molar-refractivity contribution in [2.75, 3.05) is 39.5 Å². The fourth-order valence-corrected chi connectivity index (χ4v) is 9.44. The molecule has 2 fully saturated rings. The molecule has 2 aromatic rings. The van der Waals surface area contributed by atoms with Crippen LogP contribution in [0.3, 0.4) is 0 Å². The van der Waals surface area contributed by atoms with E-state index in [1.165, 1.54) is 18.6 Å². The minimum atomic E-state index is -5.83. The number of ketones is 1. The van der Waals surface area contributed by atoms with E-state index < -0.39 is 51.2 Å². The van der Waals surface area contributed by atoms with Crippen molar-refractivity contribution in [1.29, 1.82) is 0 Å². The van der Waals surface area contributed by atoms with Crippen LogP contribution in [0.2, 0.25) is 0 Å². The van der Waals surface area contributed by atoms with Gasteiger partial charge in [-0.25, -0.2) is 4.98 Å². The minimum absolute atomic E-state index is 0.0422. The topological polar surface area (TPSA) is 255 Å². The van der Waals surface area contributed by atoms with Crippen LogP contribution in [-0.4, -0.2) is 109 Å². The highest BCUT2D eigenvalue weighted by molar-refractivity contribution is 7.71. The van der Waals surface area contributed by atoms with Crippen molar-refractivity contribution in [2.24, 2.45) is 11.8 Å². The van der Waals surface area contributed by atoms with Crippen LogP contribution < -0.4 is 10.2 Å². The first-order valence-corrected chi connectivity index (χ1v) is 20.5. The van der Waals surface area contributed by atoms with E-state index in [0.29, 0.717) is 50.1 Å². The van der Waals surface area contributed by atoms with Crippen LogP contribution in [-0.2, 0) is 39.2 Å². The molecule has 5 N–H and O–H groups in total. The number of carbonyl (C=O) groups excluding carboxylic acids is 3. The number of rotatable bonds is 20.